The van der Waals surface area contributed by atoms with E-state index in [1.165, 1.54) is 0 Å². The molecule has 0 unspecified atom stereocenters. The zero-order valence-electron chi connectivity index (χ0n) is 24.1. The molecule has 0 aromatic carbocycles. The van der Waals surface area contributed by atoms with E-state index in [9.17, 15) is 0 Å². The Morgan fingerprint density at radius 3 is 0.923 bits per heavy atom. The predicted octanol–water partition coefficient (Wildman–Crippen LogP) is 6.59. The SMILES string of the molecule is CC(C)(C)Oc1cc(-c2nc(-c3ccnc(OC(C)(C)C)c3)nc(-c3ccnc(OC(C)(C)C)c3)n2)ccn1. The minimum atomic E-state index is -0.401. The van der Waals surface area contributed by atoms with Crippen molar-refractivity contribution < 1.29 is 14.2 Å². The Bertz CT molecular complexity index is 1270. The summed E-state index contributed by atoms with van der Waals surface area (Å²) in [4.78, 5) is 27.5. The summed E-state index contributed by atoms with van der Waals surface area (Å²) in [5.41, 5.74) is 1.03. The Morgan fingerprint density at radius 2 is 0.692 bits per heavy atom. The van der Waals surface area contributed by atoms with Gasteiger partial charge < -0.3 is 14.2 Å². The highest BCUT2D eigenvalue weighted by atomic mass is 16.5. The molecule has 0 N–H and O–H groups in total. The lowest BCUT2D eigenvalue weighted by atomic mass is 10.1. The average Bonchev–Trinajstić information content (AvgIpc) is 2.81. The topological polar surface area (TPSA) is 105 Å². The van der Waals surface area contributed by atoms with Gasteiger partial charge in [0.2, 0.25) is 17.6 Å². The van der Waals surface area contributed by atoms with Gasteiger partial charge in [-0.1, -0.05) is 0 Å². The molecule has 4 aromatic rings. The number of nitrogens with zero attached hydrogens (tertiary/aromatic N) is 6. The van der Waals surface area contributed by atoms with Crippen molar-refractivity contribution in [1.82, 2.24) is 29.9 Å². The molecule has 0 spiro atoms. The van der Waals surface area contributed by atoms with Gasteiger partial charge in [-0.15, -0.1) is 0 Å². The molecule has 0 saturated carbocycles. The quantitative estimate of drug-likeness (QED) is 0.274. The molecule has 204 valence electrons. The molecule has 9 nitrogen and oxygen atoms in total. The van der Waals surface area contributed by atoms with Crippen LogP contribution in [0.1, 0.15) is 62.3 Å². The summed E-state index contributed by atoms with van der Waals surface area (Å²) in [6, 6.07) is 11.0. The molecule has 0 saturated heterocycles. The summed E-state index contributed by atoms with van der Waals surface area (Å²) in [6.07, 6.45) is 5.05. The molecular weight excluding hydrogens is 492 g/mol. The third-order valence-electron chi connectivity index (χ3n) is 4.85. The molecule has 0 bridgehead atoms. The zero-order valence-corrected chi connectivity index (χ0v) is 24.1. The van der Waals surface area contributed by atoms with Crippen LogP contribution in [0.2, 0.25) is 0 Å². The Balaban J connectivity index is 1.85. The summed E-state index contributed by atoms with van der Waals surface area (Å²) in [7, 11) is 0. The number of rotatable bonds is 6. The zero-order chi connectivity index (χ0) is 28.4. The lowest BCUT2D eigenvalue weighted by Gasteiger charge is -2.21. The van der Waals surface area contributed by atoms with Gasteiger partial charge in [-0.25, -0.2) is 29.9 Å². The van der Waals surface area contributed by atoms with Crippen molar-refractivity contribution in [1.29, 1.82) is 0 Å². The summed E-state index contributed by atoms with van der Waals surface area (Å²) >= 11 is 0. The molecule has 0 atom stereocenters. The second kappa shape index (κ2) is 10.6. The minimum absolute atomic E-state index is 0.401. The van der Waals surface area contributed by atoms with Crippen LogP contribution in [0.4, 0.5) is 0 Å². The number of aromatic nitrogens is 6. The molecule has 0 aliphatic rings. The van der Waals surface area contributed by atoms with Crippen LogP contribution in [0.15, 0.2) is 55.0 Å². The van der Waals surface area contributed by atoms with Gasteiger partial charge >= 0.3 is 0 Å². The largest absolute Gasteiger partial charge is 0.472 e. The molecular formula is C30H36N6O3. The van der Waals surface area contributed by atoms with E-state index in [-0.39, 0.29) is 0 Å². The monoisotopic (exact) mass is 528 g/mol. The van der Waals surface area contributed by atoms with Crippen molar-refractivity contribution in [3.8, 4) is 51.8 Å². The maximum atomic E-state index is 5.99. The summed E-state index contributed by atoms with van der Waals surface area (Å²) < 4.78 is 18.0. The molecule has 4 aromatic heterocycles. The highest BCUT2D eigenvalue weighted by Crippen LogP contribution is 2.29. The van der Waals surface area contributed by atoms with Gasteiger partial charge in [0, 0.05) is 53.5 Å². The van der Waals surface area contributed by atoms with Crippen molar-refractivity contribution in [2.24, 2.45) is 0 Å². The highest BCUT2D eigenvalue weighted by molar-refractivity contribution is 5.67. The molecule has 0 aliphatic carbocycles. The van der Waals surface area contributed by atoms with Gasteiger partial charge in [0.25, 0.3) is 0 Å². The Hall–Kier alpha value is -4.14. The second-order valence-electron chi connectivity index (χ2n) is 12.1. The maximum absolute atomic E-state index is 5.99. The third-order valence-corrected chi connectivity index (χ3v) is 4.85. The van der Waals surface area contributed by atoms with Crippen molar-refractivity contribution in [3.05, 3.63) is 55.0 Å². The number of ether oxygens (including phenoxy) is 3. The van der Waals surface area contributed by atoms with Crippen LogP contribution in [-0.2, 0) is 0 Å². The van der Waals surface area contributed by atoms with Crippen LogP contribution >= 0.6 is 0 Å². The van der Waals surface area contributed by atoms with Crippen LogP contribution < -0.4 is 14.2 Å². The molecule has 9 heteroatoms. The highest BCUT2D eigenvalue weighted by Gasteiger charge is 2.19. The van der Waals surface area contributed by atoms with Gasteiger partial charge in [-0.2, -0.15) is 0 Å². The van der Waals surface area contributed by atoms with E-state index in [2.05, 4.69) is 15.0 Å². The standard InChI is InChI=1S/C30H36N6O3/c1-28(2,3)37-22-16-19(10-13-31-22)25-34-26(20-11-14-32-23(17-20)38-29(4,5)6)36-27(35-25)21-12-15-33-24(18-21)39-30(7,8)9/h10-18H,1-9H3. The van der Waals surface area contributed by atoms with Crippen molar-refractivity contribution >= 4 is 0 Å². The first-order chi connectivity index (χ1) is 18.1. The van der Waals surface area contributed by atoms with E-state index in [0.29, 0.717) is 35.1 Å². The Morgan fingerprint density at radius 1 is 0.436 bits per heavy atom. The fourth-order valence-corrected chi connectivity index (χ4v) is 3.52. The first-order valence-corrected chi connectivity index (χ1v) is 12.9. The third kappa shape index (κ3) is 8.17. The van der Waals surface area contributed by atoms with Gasteiger partial charge in [0.15, 0.2) is 17.5 Å². The normalized spacial score (nSPS) is 12.2. The van der Waals surface area contributed by atoms with Crippen molar-refractivity contribution in [3.63, 3.8) is 0 Å². The van der Waals surface area contributed by atoms with Crippen molar-refractivity contribution in [2.75, 3.05) is 0 Å². The predicted molar refractivity (Wildman–Crippen MR) is 151 cm³/mol. The van der Waals surface area contributed by atoms with Crippen LogP contribution in [0, 0.1) is 0 Å². The van der Waals surface area contributed by atoms with E-state index < -0.39 is 16.8 Å². The van der Waals surface area contributed by atoms with Gasteiger partial charge in [0.1, 0.15) is 16.8 Å². The number of hydrogen-bond donors (Lipinski definition) is 0. The summed E-state index contributed by atoms with van der Waals surface area (Å²) in [5.74, 6) is 2.87. The maximum Gasteiger partial charge on any atom is 0.214 e. The van der Waals surface area contributed by atoms with E-state index in [4.69, 9.17) is 29.2 Å². The number of hydrogen-bond acceptors (Lipinski definition) is 9. The molecule has 39 heavy (non-hydrogen) atoms. The molecule has 0 amide bonds. The fourth-order valence-electron chi connectivity index (χ4n) is 3.52. The molecule has 4 rings (SSSR count). The van der Waals surface area contributed by atoms with Gasteiger partial charge in [-0.3, -0.25) is 0 Å². The smallest absolute Gasteiger partial charge is 0.214 e. The first kappa shape index (κ1) is 27.9. The Labute approximate surface area is 230 Å². The van der Waals surface area contributed by atoms with Crippen LogP contribution in [0.5, 0.6) is 17.6 Å². The second-order valence-corrected chi connectivity index (χ2v) is 12.1. The summed E-state index contributed by atoms with van der Waals surface area (Å²) in [6.45, 7) is 17.8. The lowest BCUT2D eigenvalue weighted by molar-refractivity contribution is 0.123. The van der Waals surface area contributed by atoms with Crippen molar-refractivity contribution in [2.45, 2.75) is 79.1 Å². The van der Waals surface area contributed by atoms with E-state index in [0.717, 1.165) is 16.7 Å². The van der Waals surface area contributed by atoms with Crippen LogP contribution in [-0.4, -0.2) is 46.7 Å². The van der Waals surface area contributed by atoms with Gasteiger partial charge in [0.05, 0.1) is 0 Å². The lowest BCUT2D eigenvalue weighted by Crippen LogP contribution is -2.23. The first-order valence-electron chi connectivity index (χ1n) is 12.9. The van der Waals surface area contributed by atoms with E-state index >= 15 is 0 Å². The van der Waals surface area contributed by atoms with Crippen LogP contribution in [0.3, 0.4) is 0 Å². The fraction of sp³-hybridized carbons (Fsp3) is 0.400. The molecule has 4 heterocycles. The molecule has 0 aliphatic heterocycles. The average molecular weight is 529 g/mol. The molecule has 0 fully saturated rings. The van der Waals surface area contributed by atoms with E-state index in [1.807, 2.05) is 98.7 Å². The van der Waals surface area contributed by atoms with E-state index in [1.54, 1.807) is 18.6 Å². The summed E-state index contributed by atoms with van der Waals surface area (Å²) in [5, 5.41) is 0. The van der Waals surface area contributed by atoms with Crippen LogP contribution in [0.25, 0.3) is 34.2 Å². The minimum Gasteiger partial charge on any atom is -0.472 e. The van der Waals surface area contributed by atoms with Gasteiger partial charge in [-0.05, 0) is 80.5 Å². The Kier molecular flexibility index (Phi) is 7.54. The molecule has 0 radical (unpaired) electrons. The number of pyridine rings is 3.